The average molecular weight is 373 g/mol. The number of methoxy groups -OCH3 is 1. The molecule has 0 aliphatic heterocycles. The number of amides is 1. The second kappa shape index (κ2) is 7.49. The number of carbonyl (C=O) groups is 1. The van der Waals surface area contributed by atoms with Crippen LogP contribution in [-0.4, -0.2) is 19.6 Å². The van der Waals surface area contributed by atoms with Crippen LogP contribution in [0.4, 0.5) is 5.69 Å². The Morgan fingerprint density at radius 1 is 1.23 bits per heavy atom. The Morgan fingerprint density at radius 2 is 2.04 bits per heavy atom. The number of nitrogens with one attached hydrogen (secondary N) is 2. The van der Waals surface area contributed by atoms with Crippen LogP contribution in [0.15, 0.2) is 46.9 Å². The lowest BCUT2D eigenvalue weighted by Crippen LogP contribution is -2.21. The first-order chi connectivity index (χ1) is 12.5. The van der Waals surface area contributed by atoms with Gasteiger partial charge in [0, 0.05) is 10.4 Å². The summed E-state index contributed by atoms with van der Waals surface area (Å²) in [6.45, 7) is 2.33. The van der Waals surface area contributed by atoms with Gasteiger partial charge in [-0.15, -0.1) is 0 Å². The maximum absolute atomic E-state index is 12.6. The van der Waals surface area contributed by atoms with Crippen LogP contribution in [0.25, 0.3) is 11.0 Å². The van der Waals surface area contributed by atoms with Crippen LogP contribution in [0.2, 0.25) is 5.02 Å². The third kappa shape index (κ3) is 3.50. The number of rotatable bonds is 5. The van der Waals surface area contributed by atoms with Crippen molar-refractivity contribution in [1.82, 2.24) is 0 Å². The minimum Gasteiger partial charge on any atom is -0.495 e. The van der Waals surface area contributed by atoms with Crippen molar-refractivity contribution in [2.75, 3.05) is 19.0 Å². The zero-order chi connectivity index (χ0) is 18.7. The molecule has 0 aliphatic carbocycles. The van der Waals surface area contributed by atoms with E-state index < -0.39 is 5.91 Å². The zero-order valence-electron chi connectivity index (χ0n) is 14.3. The molecule has 1 amide bonds. The van der Waals surface area contributed by atoms with E-state index in [0.717, 1.165) is 0 Å². The minimum atomic E-state index is -0.497. The summed E-state index contributed by atoms with van der Waals surface area (Å²) in [7, 11) is 1.50. The Hall–Kier alpha value is -2.99. The van der Waals surface area contributed by atoms with Crippen LogP contribution < -0.4 is 20.3 Å². The van der Waals surface area contributed by atoms with Gasteiger partial charge >= 0.3 is 0 Å². The van der Waals surface area contributed by atoms with Crippen LogP contribution in [-0.2, 0) is 0 Å². The van der Waals surface area contributed by atoms with Crippen molar-refractivity contribution >= 4 is 34.2 Å². The molecule has 0 fully saturated rings. The Kier molecular flexibility index (Phi) is 5.14. The fraction of sp³-hybridized carbons (Fsp3) is 0.158. The van der Waals surface area contributed by atoms with Crippen LogP contribution in [0.5, 0.6) is 11.5 Å². The normalized spacial score (nSPS) is 10.6. The van der Waals surface area contributed by atoms with Gasteiger partial charge in [0.25, 0.3) is 5.91 Å². The number of hydrogen-bond acceptors (Lipinski definition) is 5. The van der Waals surface area contributed by atoms with Gasteiger partial charge in [0.2, 0.25) is 5.55 Å². The SMILES string of the molecule is CCOc1cccc2cc(C(=O)Nc3cc(Cl)ccc3OC)c(=N)oc12. The lowest BCUT2D eigenvalue weighted by Gasteiger charge is -2.11. The van der Waals surface area contributed by atoms with Crippen molar-refractivity contribution in [1.29, 1.82) is 5.41 Å². The summed E-state index contributed by atoms with van der Waals surface area (Å²) in [4.78, 5) is 12.6. The van der Waals surface area contributed by atoms with E-state index in [1.165, 1.54) is 7.11 Å². The van der Waals surface area contributed by atoms with E-state index in [9.17, 15) is 4.79 Å². The van der Waals surface area contributed by atoms with Gasteiger partial charge in [-0.1, -0.05) is 23.7 Å². The van der Waals surface area contributed by atoms with Gasteiger partial charge in [0.15, 0.2) is 11.3 Å². The molecule has 1 heterocycles. The van der Waals surface area contributed by atoms with Gasteiger partial charge in [-0.3, -0.25) is 10.2 Å². The van der Waals surface area contributed by atoms with Gasteiger partial charge in [-0.25, -0.2) is 0 Å². The summed E-state index contributed by atoms with van der Waals surface area (Å²) in [5.41, 5.74) is 0.667. The number of fused-ring (bicyclic) bond motifs is 1. The van der Waals surface area contributed by atoms with E-state index in [-0.39, 0.29) is 11.1 Å². The quantitative estimate of drug-likeness (QED) is 0.702. The fourth-order valence-corrected chi connectivity index (χ4v) is 2.71. The second-order valence-corrected chi connectivity index (χ2v) is 5.83. The molecule has 134 valence electrons. The van der Waals surface area contributed by atoms with Crippen molar-refractivity contribution in [3.63, 3.8) is 0 Å². The summed E-state index contributed by atoms with van der Waals surface area (Å²) in [5, 5.41) is 11.9. The molecule has 0 bridgehead atoms. The Morgan fingerprint density at radius 3 is 2.77 bits per heavy atom. The molecule has 3 aromatic rings. The second-order valence-electron chi connectivity index (χ2n) is 5.40. The van der Waals surface area contributed by atoms with Crippen LogP contribution >= 0.6 is 11.6 Å². The first kappa shape index (κ1) is 17.8. The molecule has 0 radical (unpaired) electrons. The predicted molar refractivity (Wildman–Crippen MR) is 99.2 cm³/mol. The van der Waals surface area contributed by atoms with E-state index in [0.29, 0.717) is 39.8 Å². The first-order valence-electron chi connectivity index (χ1n) is 7.92. The molecule has 7 heteroatoms. The highest BCUT2D eigenvalue weighted by Gasteiger charge is 2.16. The van der Waals surface area contributed by atoms with Crippen molar-refractivity contribution in [2.45, 2.75) is 6.92 Å². The summed E-state index contributed by atoms with van der Waals surface area (Å²) in [6, 6.07) is 11.8. The van der Waals surface area contributed by atoms with Gasteiger partial charge < -0.3 is 19.2 Å². The molecule has 2 N–H and O–H groups in total. The van der Waals surface area contributed by atoms with Gasteiger partial charge in [0.05, 0.1) is 19.4 Å². The summed E-state index contributed by atoms with van der Waals surface area (Å²) in [6.07, 6.45) is 0. The van der Waals surface area contributed by atoms with Crippen molar-refractivity contribution < 1.29 is 18.7 Å². The number of para-hydroxylation sites is 1. The van der Waals surface area contributed by atoms with Gasteiger partial charge in [-0.2, -0.15) is 0 Å². The third-order valence-electron chi connectivity index (χ3n) is 3.71. The van der Waals surface area contributed by atoms with Gasteiger partial charge in [0.1, 0.15) is 11.3 Å². The zero-order valence-corrected chi connectivity index (χ0v) is 15.0. The van der Waals surface area contributed by atoms with Crippen molar-refractivity contribution in [3.8, 4) is 11.5 Å². The van der Waals surface area contributed by atoms with E-state index in [1.807, 2.05) is 6.92 Å². The maximum Gasteiger partial charge on any atom is 0.261 e. The molecule has 0 saturated carbocycles. The highest BCUT2D eigenvalue weighted by atomic mass is 35.5. The number of anilines is 1. The van der Waals surface area contributed by atoms with E-state index >= 15 is 0 Å². The molecule has 1 aromatic heterocycles. The standard InChI is InChI=1S/C19H17ClN2O4/c1-3-25-16-6-4-5-11-9-13(18(21)26-17(11)16)19(23)22-14-10-12(20)7-8-15(14)24-2/h4-10,21H,3H2,1-2H3,(H,22,23). The van der Waals surface area contributed by atoms with Crippen molar-refractivity contribution in [3.05, 3.63) is 58.6 Å². The van der Waals surface area contributed by atoms with Crippen LogP contribution in [0, 0.1) is 5.41 Å². The lowest BCUT2D eigenvalue weighted by atomic mass is 10.1. The molecule has 26 heavy (non-hydrogen) atoms. The van der Waals surface area contributed by atoms with Gasteiger partial charge in [-0.05, 0) is 37.3 Å². The average Bonchev–Trinajstić information content (AvgIpc) is 2.62. The molecule has 0 spiro atoms. The monoisotopic (exact) mass is 372 g/mol. The Bertz CT molecular complexity index is 1030. The largest absolute Gasteiger partial charge is 0.495 e. The number of benzene rings is 2. The molecule has 0 unspecified atom stereocenters. The number of carbonyl (C=O) groups excluding carboxylic acids is 1. The number of ether oxygens (including phenoxy) is 2. The predicted octanol–water partition coefficient (Wildman–Crippen LogP) is 4.23. The lowest BCUT2D eigenvalue weighted by molar-refractivity contribution is 0.102. The van der Waals surface area contributed by atoms with Crippen LogP contribution in [0.1, 0.15) is 17.3 Å². The molecule has 0 aliphatic rings. The van der Waals surface area contributed by atoms with E-state index in [2.05, 4.69) is 5.32 Å². The minimum absolute atomic E-state index is 0.0909. The Balaban J connectivity index is 2.00. The molecular weight excluding hydrogens is 356 g/mol. The Labute approximate surface area is 154 Å². The molecule has 2 aromatic carbocycles. The summed E-state index contributed by atoms with van der Waals surface area (Å²) in [5.74, 6) is 0.496. The third-order valence-corrected chi connectivity index (χ3v) is 3.95. The number of hydrogen-bond donors (Lipinski definition) is 2. The molecule has 3 rings (SSSR count). The smallest absolute Gasteiger partial charge is 0.261 e. The molecular formula is C19H17ClN2O4. The van der Waals surface area contributed by atoms with Crippen molar-refractivity contribution in [2.24, 2.45) is 0 Å². The number of halogens is 1. The topological polar surface area (TPSA) is 84.5 Å². The molecule has 6 nitrogen and oxygen atoms in total. The molecule has 0 saturated heterocycles. The summed E-state index contributed by atoms with van der Waals surface area (Å²) >= 11 is 5.98. The highest BCUT2D eigenvalue weighted by Crippen LogP contribution is 2.29. The van der Waals surface area contributed by atoms with E-state index in [1.54, 1.807) is 42.5 Å². The van der Waals surface area contributed by atoms with E-state index in [4.69, 9.17) is 30.9 Å². The van der Waals surface area contributed by atoms with Crippen LogP contribution in [0.3, 0.4) is 0 Å². The molecule has 0 atom stereocenters. The fourth-order valence-electron chi connectivity index (χ4n) is 2.54. The highest BCUT2D eigenvalue weighted by molar-refractivity contribution is 6.31. The maximum atomic E-state index is 12.6. The first-order valence-corrected chi connectivity index (χ1v) is 8.30. The summed E-state index contributed by atoms with van der Waals surface area (Å²) < 4.78 is 16.3.